The van der Waals surface area contributed by atoms with Gasteiger partial charge >= 0.3 is 0 Å². The molecule has 5 nitrogen and oxygen atoms in total. The Morgan fingerprint density at radius 1 is 0.353 bits per heavy atom. The van der Waals surface area contributed by atoms with Crippen LogP contribution in [0.15, 0.2) is 243 Å². The molecular weight excluding hydrogens is 827 g/mol. The molecule has 0 saturated heterocycles. The number of para-hydroxylation sites is 3. The third-order valence-corrected chi connectivity index (χ3v) is 13.5. The lowest BCUT2D eigenvalue weighted by Crippen LogP contribution is -2.06. The van der Waals surface area contributed by atoms with Gasteiger partial charge in [-0.1, -0.05) is 194 Å². The van der Waals surface area contributed by atoms with Gasteiger partial charge in [0.05, 0.1) is 27.8 Å². The van der Waals surface area contributed by atoms with Crippen molar-refractivity contribution in [2.24, 2.45) is 0 Å². The average Bonchev–Trinajstić information content (AvgIpc) is 3.92. The van der Waals surface area contributed by atoms with Crippen LogP contribution in [0.4, 0.5) is 0 Å². The van der Waals surface area contributed by atoms with E-state index in [4.69, 9.17) is 15.0 Å². The second kappa shape index (κ2) is 16.5. The van der Waals surface area contributed by atoms with Gasteiger partial charge in [0.1, 0.15) is 0 Å². The summed E-state index contributed by atoms with van der Waals surface area (Å²) in [5, 5.41) is 4.64. The Balaban J connectivity index is 1.05. The van der Waals surface area contributed by atoms with Crippen molar-refractivity contribution < 1.29 is 0 Å². The van der Waals surface area contributed by atoms with Crippen molar-refractivity contribution >= 4 is 43.6 Å². The first-order valence-corrected chi connectivity index (χ1v) is 23.3. The summed E-state index contributed by atoms with van der Waals surface area (Å²) in [6.07, 6.45) is 9.75. The minimum Gasteiger partial charge on any atom is -0.309 e. The molecule has 13 rings (SSSR count). The van der Waals surface area contributed by atoms with Gasteiger partial charge in [-0.05, 0) is 88.3 Å². The molecule has 0 bridgehead atoms. The monoisotopic (exact) mass is 869 g/mol. The van der Waals surface area contributed by atoms with Crippen LogP contribution in [0.25, 0.3) is 111 Å². The number of fused-ring (bicyclic) bond motifs is 6. The zero-order chi connectivity index (χ0) is 45.0. The first kappa shape index (κ1) is 39.4. The Bertz CT molecular complexity index is 3860. The smallest absolute Gasteiger partial charge is 0.238 e. The molecule has 0 saturated carbocycles. The topological polar surface area (TPSA) is 48.5 Å². The zero-order valence-corrected chi connectivity index (χ0v) is 37.1. The summed E-state index contributed by atoms with van der Waals surface area (Å²) < 4.78 is 4.69. The molecule has 5 heteroatoms. The summed E-state index contributed by atoms with van der Waals surface area (Å²) in [4.78, 5) is 15.8. The summed E-state index contributed by atoms with van der Waals surface area (Å²) in [6.45, 7) is 0. The minimum absolute atomic E-state index is 0.353. The van der Waals surface area contributed by atoms with E-state index in [1.54, 1.807) is 0 Å². The molecule has 3 heterocycles. The highest BCUT2D eigenvalue weighted by Gasteiger charge is 2.23. The number of hydrogen-bond acceptors (Lipinski definition) is 3. The molecule has 0 aliphatic heterocycles. The molecule has 1 aliphatic rings. The molecule has 0 fully saturated rings. The van der Waals surface area contributed by atoms with E-state index in [9.17, 15) is 0 Å². The van der Waals surface area contributed by atoms with Crippen LogP contribution in [-0.4, -0.2) is 24.1 Å². The number of rotatable bonds is 8. The number of aromatic nitrogens is 5. The Morgan fingerprint density at radius 3 is 1.49 bits per heavy atom. The van der Waals surface area contributed by atoms with E-state index in [0.29, 0.717) is 23.5 Å². The Labute approximate surface area is 394 Å². The van der Waals surface area contributed by atoms with E-state index in [-0.39, 0.29) is 0 Å². The van der Waals surface area contributed by atoms with Crippen molar-refractivity contribution in [3.8, 4) is 67.8 Å². The van der Waals surface area contributed by atoms with E-state index in [1.807, 2.05) is 18.2 Å². The van der Waals surface area contributed by atoms with Gasteiger partial charge < -0.3 is 4.57 Å². The van der Waals surface area contributed by atoms with Crippen molar-refractivity contribution in [2.75, 3.05) is 0 Å². The molecule has 320 valence electrons. The lowest BCUT2D eigenvalue weighted by molar-refractivity contribution is 0.854. The number of nitrogens with zero attached hydrogens (tertiary/aromatic N) is 5. The maximum atomic E-state index is 5.35. The highest BCUT2D eigenvalue weighted by Crippen LogP contribution is 2.42. The molecule has 12 aromatic rings. The second-order valence-corrected chi connectivity index (χ2v) is 17.6. The standard InChI is InChI=1S/C63H43N5/c1-5-19-42(20-6-1)45-33-35-47(36-34-45)62-64-61(46-25-11-4-12-26-46)65-63(66-62)68-58-32-18-15-29-53(58)55-40-54-52-28-14-17-31-57(52)67(59(54)41-60(55)68)56-30-16-13-27-51(56)50-38-48(43-21-7-2-8-22-43)37-49(39-50)44-23-9-3-10-24-44/h1-19,21-42H,20H2. The lowest BCUT2D eigenvalue weighted by Gasteiger charge is -2.17. The van der Waals surface area contributed by atoms with E-state index < -0.39 is 0 Å². The van der Waals surface area contributed by atoms with Gasteiger partial charge in [0, 0.05) is 44.2 Å². The van der Waals surface area contributed by atoms with Crippen LogP contribution in [0.5, 0.6) is 0 Å². The minimum atomic E-state index is 0.353. The van der Waals surface area contributed by atoms with Crippen LogP contribution in [0.3, 0.4) is 0 Å². The molecule has 3 aromatic heterocycles. The number of benzene rings is 9. The predicted octanol–water partition coefficient (Wildman–Crippen LogP) is 16.0. The van der Waals surface area contributed by atoms with Crippen LogP contribution in [0, 0.1) is 0 Å². The average molecular weight is 870 g/mol. The molecule has 0 radical (unpaired) electrons. The summed E-state index contributed by atoms with van der Waals surface area (Å²) in [5.74, 6) is 2.17. The number of allylic oxidation sites excluding steroid dienone is 4. The van der Waals surface area contributed by atoms with Crippen molar-refractivity contribution in [1.29, 1.82) is 0 Å². The third-order valence-electron chi connectivity index (χ3n) is 13.5. The van der Waals surface area contributed by atoms with Crippen molar-refractivity contribution in [3.05, 3.63) is 248 Å². The maximum Gasteiger partial charge on any atom is 0.238 e. The van der Waals surface area contributed by atoms with Gasteiger partial charge in [-0.2, -0.15) is 9.97 Å². The van der Waals surface area contributed by atoms with Gasteiger partial charge in [-0.15, -0.1) is 0 Å². The Kier molecular flexibility index (Phi) is 9.57. The Hall–Kier alpha value is -8.93. The highest BCUT2D eigenvalue weighted by molar-refractivity contribution is 6.19. The normalized spacial score (nSPS) is 13.6. The first-order valence-electron chi connectivity index (χ1n) is 23.3. The van der Waals surface area contributed by atoms with E-state index >= 15 is 0 Å². The third kappa shape index (κ3) is 6.83. The maximum absolute atomic E-state index is 5.35. The van der Waals surface area contributed by atoms with E-state index in [1.165, 1.54) is 38.6 Å². The summed E-state index contributed by atoms with van der Waals surface area (Å²) in [6, 6.07) is 78.3. The van der Waals surface area contributed by atoms with E-state index in [2.05, 4.69) is 234 Å². The molecule has 0 spiro atoms. The fraction of sp³-hybridized carbons (Fsp3) is 0.0317. The van der Waals surface area contributed by atoms with Crippen LogP contribution in [0.1, 0.15) is 17.9 Å². The molecule has 1 atom stereocenters. The van der Waals surface area contributed by atoms with Crippen LogP contribution in [0.2, 0.25) is 0 Å². The first-order chi connectivity index (χ1) is 33.7. The molecule has 0 N–H and O–H groups in total. The van der Waals surface area contributed by atoms with Crippen molar-refractivity contribution in [1.82, 2.24) is 24.1 Å². The van der Waals surface area contributed by atoms with Gasteiger partial charge in [-0.25, -0.2) is 4.98 Å². The van der Waals surface area contributed by atoms with Crippen LogP contribution in [-0.2, 0) is 0 Å². The summed E-state index contributed by atoms with van der Waals surface area (Å²) in [5.41, 5.74) is 15.5. The highest BCUT2D eigenvalue weighted by atomic mass is 15.2. The summed E-state index contributed by atoms with van der Waals surface area (Å²) >= 11 is 0. The molecule has 1 unspecified atom stereocenters. The summed E-state index contributed by atoms with van der Waals surface area (Å²) in [7, 11) is 0. The molecular formula is C63H43N5. The van der Waals surface area contributed by atoms with Gasteiger partial charge in [-0.3, -0.25) is 4.57 Å². The van der Waals surface area contributed by atoms with Gasteiger partial charge in [0.25, 0.3) is 0 Å². The second-order valence-electron chi connectivity index (χ2n) is 17.6. The molecule has 9 aromatic carbocycles. The van der Waals surface area contributed by atoms with Crippen LogP contribution >= 0.6 is 0 Å². The van der Waals surface area contributed by atoms with Gasteiger partial charge in [0.2, 0.25) is 5.95 Å². The quantitative estimate of drug-likeness (QED) is 0.153. The number of hydrogen-bond donors (Lipinski definition) is 0. The molecule has 68 heavy (non-hydrogen) atoms. The zero-order valence-electron chi connectivity index (χ0n) is 37.1. The SMILES string of the molecule is C1=CCC(c2ccc(-c3nc(-c4ccccc4)nc(-n4c5ccccc5c5cc6c7ccccc7n(-c7ccccc7-c7cc(-c8ccccc8)cc(-c8ccccc8)c7)c6cc54)n3)cc2)C=C1. The van der Waals surface area contributed by atoms with Crippen molar-refractivity contribution in [2.45, 2.75) is 12.3 Å². The molecule has 0 amide bonds. The fourth-order valence-corrected chi connectivity index (χ4v) is 10.2. The van der Waals surface area contributed by atoms with Crippen LogP contribution < -0.4 is 0 Å². The predicted molar refractivity (Wildman–Crippen MR) is 281 cm³/mol. The molecule has 1 aliphatic carbocycles. The van der Waals surface area contributed by atoms with E-state index in [0.717, 1.165) is 67.2 Å². The van der Waals surface area contributed by atoms with Crippen molar-refractivity contribution in [3.63, 3.8) is 0 Å². The largest absolute Gasteiger partial charge is 0.309 e. The lowest BCUT2D eigenvalue weighted by atomic mass is 9.92. The Morgan fingerprint density at radius 2 is 0.868 bits per heavy atom. The van der Waals surface area contributed by atoms with Gasteiger partial charge in [0.15, 0.2) is 11.6 Å². The fourth-order valence-electron chi connectivity index (χ4n) is 10.2.